The predicted octanol–water partition coefficient (Wildman–Crippen LogP) is 3.67. The van der Waals surface area contributed by atoms with Crippen molar-refractivity contribution in [2.45, 2.75) is 39.3 Å². The largest absolute Gasteiger partial charge is 0.273 e. The summed E-state index contributed by atoms with van der Waals surface area (Å²) in [5.74, 6) is -0.433. The third kappa shape index (κ3) is 2.97. The molecule has 0 N–H and O–H groups in total. The van der Waals surface area contributed by atoms with Gasteiger partial charge in [0.1, 0.15) is 0 Å². The van der Waals surface area contributed by atoms with Crippen LogP contribution in [0.1, 0.15) is 32.8 Å². The van der Waals surface area contributed by atoms with Gasteiger partial charge in [-0.15, -0.1) is 0 Å². The van der Waals surface area contributed by atoms with Crippen LogP contribution in [-0.4, -0.2) is 27.4 Å². The molecule has 0 unspecified atom stereocenters. The molecule has 1 heterocycles. The van der Waals surface area contributed by atoms with E-state index in [4.69, 9.17) is 0 Å². The molecule has 4 heteroatoms. The van der Waals surface area contributed by atoms with Crippen molar-refractivity contribution >= 4 is 22.6 Å². The number of benzene rings is 2. The van der Waals surface area contributed by atoms with Crippen molar-refractivity contribution in [1.82, 2.24) is 10.0 Å². The number of carbonyl (C=O) groups excluding carboxylic acids is 2. The molecule has 0 radical (unpaired) electrons. The minimum Gasteiger partial charge on any atom is -0.273 e. The summed E-state index contributed by atoms with van der Waals surface area (Å²) in [7, 11) is 0. The fourth-order valence-corrected chi connectivity index (χ4v) is 3.19. The van der Waals surface area contributed by atoms with Gasteiger partial charge in [0, 0.05) is 24.6 Å². The van der Waals surface area contributed by atoms with Gasteiger partial charge in [0.15, 0.2) is 0 Å². The van der Waals surface area contributed by atoms with Crippen LogP contribution in [-0.2, 0) is 16.1 Å². The molecule has 3 rings (SSSR count). The number of fused-ring (bicyclic) bond motifs is 1. The van der Waals surface area contributed by atoms with Crippen molar-refractivity contribution < 1.29 is 9.59 Å². The minimum absolute atomic E-state index is 0.149. The fraction of sp³-hybridized carbons (Fsp3) is 0.300. The van der Waals surface area contributed by atoms with Crippen molar-refractivity contribution in [3.05, 3.63) is 60.2 Å². The number of hydrazine groups is 1. The molecule has 0 spiro atoms. The Labute approximate surface area is 142 Å². The summed E-state index contributed by atoms with van der Waals surface area (Å²) in [5.41, 5.74) is 0.690. The molecule has 124 valence electrons. The number of hydrogen-bond donors (Lipinski definition) is 0. The van der Waals surface area contributed by atoms with E-state index in [-0.39, 0.29) is 17.4 Å². The summed E-state index contributed by atoms with van der Waals surface area (Å²) in [6.45, 7) is 6.29. The Morgan fingerprint density at radius 2 is 1.88 bits per heavy atom. The summed E-state index contributed by atoms with van der Waals surface area (Å²) in [6, 6.07) is 14.4. The molecule has 2 amide bonds. The van der Waals surface area contributed by atoms with Gasteiger partial charge < -0.3 is 0 Å². The average molecular weight is 322 g/mol. The molecule has 24 heavy (non-hydrogen) atoms. The maximum absolute atomic E-state index is 12.3. The zero-order valence-electron chi connectivity index (χ0n) is 14.3. The van der Waals surface area contributed by atoms with E-state index < -0.39 is 0 Å². The lowest BCUT2D eigenvalue weighted by Crippen LogP contribution is -2.48. The van der Waals surface area contributed by atoms with Crippen molar-refractivity contribution in [3.8, 4) is 0 Å². The molecule has 1 aliphatic rings. The highest BCUT2D eigenvalue weighted by Gasteiger charge is 2.45. The van der Waals surface area contributed by atoms with Gasteiger partial charge in [-0.2, -0.15) is 0 Å². The van der Waals surface area contributed by atoms with Crippen molar-refractivity contribution in [3.63, 3.8) is 0 Å². The quantitative estimate of drug-likeness (QED) is 0.810. The lowest BCUT2D eigenvalue weighted by molar-refractivity contribution is -0.157. The summed E-state index contributed by atoms with van der Waals surface area (Å²) >= 11 is 0. The smallest absolute Gasteiger partial charge is 0.267 e. The van der Waals surface area contributed by atoms with E-state index in [2.05, 4.69) is 30.3 Å². The Kier molecular flexibility index (Phi) is 4.24. The van der Waals surface area contributed by atoms with Gasteiger partial charge in [0.25, 0.3) is 5.91 Å². The minimum atomic E-state index is -0.389. The van der Waals surface area contributed by atoms with Gasteiger partial charge in [-0.1, -0.05) is 42.5 Å². The molecule has 1 aliphatic heterocycles. The Hall–Kier alpha value is -2.46. The molecule has 0 aliphatic carbocycles. The van der Waals surface area contributed by atoms with Crippen LogP contribution in [0.4, 0.5) is 0 Å². The van der Waals surface area contributed by atoms with Crippen LogP contribution in [0.15, 0.2) is 54.6 Å². The highest BCUT2D eigenvalue weighted by atomic mass is 16.2. The molecule has 2 aromatic carbocycles. The second-order valence-corrected chi connectivity index (χ2v) is 6.77. The van der Waals surface area contributed by atoms with Crippen LogP contribution < -0.4 is 0 Å². The summed E-state index contributed by atoms with van der Waals surface area (Å²) < 4.78 is 0. The highest BCUT2D eigenvalue weighted by molar-refractivity contribution is 6.01. The normalized spacial score (nSPS) is 18.0. The van der Waals surface area contributed by atoms with Gasteiger partial charge in [-0.25, -0.2) is 10.0 Å². The van der Waals surface area contributed by atoms with Gasteiger partial charge in [0.2, 0.25) is 5.91 Å². The molecule has 2 aromatic rings. The first-order valence-electron chi connectivity index (χ1n) is 8.17. The van der Waals surface area contributed by atoms with Crippen molar-refractivity contribution in [1.29, 1.82) is 0 Å². The second-order valence-electron chi connectivity index (χ2n) is 6.77. The van der Waals surface area contributed by atoms with Crippen LogP contribution in [0.5, 0.6) is 0 Å². The zero-order valence-corrected chi connectivity index (χ0v) is 14.3. The summed E-state index contributed by atoms with van der Waals surface area (Å²) in [6.07, 6.45) is 3.44. The number of carbonyl (C=O) groups is 2. The first-order valence-corrected chi connectivity index (χ1v) is 8.17. The third-order valence-electron chi connectivity index (χ3n) is 4.42. The van der Waals surface area contributed by atoms with Gasteiger partial charge in [-0.05, 0) is 43.2 Å². The maximum Gasteiger partial charge on any atom is 0.267 e. The Balaban J connectivity index is 1.94. The zero-order chi connectivity index (χ0) is 17.3. The molecule has 4 nitrogen and oxygen atoms in total. The molecule has 1 saturated heterocycles. The predicted molar refractivity (Wildman–Crippen MR) is 94.9 cm³/mol. The third-order valence-corrected chi connectivity index (χ3v) is 4.42. The van der Waals surface area contributed by atoms with Crippen LogP contribution in [0, 0.1) is 0 Å². The molecule has 0 atom stereocenters. The molecule has 0 bridgehead atoms. The van der Waals surface area contributed by atoms with Gasteiger partial charge >= 0.3 is 0 Å². The Morgan fingerprint density at radius 3 is 2.58 bits per heavy atom. The number of hydrogen-bond acceptors (Lipinski definition) is 3. The molecule has 1 fully saturated rings. The molecule has 0 saturated carbocycles. The summed E-state index contributed by atoms with van der Waals surface area (Å²) in [5, 5.41) is 5.50. The molecular weight excluding hydrogens is 300 g/mol. The van der Waals surface area contributed by atoms with E-state index in [9.17, 15) is 9.59 Å². The van der Waals surface area contributed by atoms with E-state index in [0.717, 1.165) is 10.9 Å². The standard InChI is InChI=1S/C20H22N2O2/c1-4-7-18(23)22-19(24)13-20(2,3)21(22)14-15-10-11-16-8-5-6-9-17(16)12-15/h4-12H,13-14H2,1-3H3/b7-4+. The Morgan fingerprint density at radius 1 is 1.17 bits per heavy atom. The number of amides is 2. The number of allylic oxidation sites excluding steroid dienone is 1. The average Bonchev–Trinajstić information content (AvgIpc) is 2.76. The van der Waals surface area contributed by atoms with Crippen LogP contribution in [0.25, 0.3) is 10.8 Å². The highest BCUT2D eigenvalue weighted by Crippen LogP contribution is 2.32. The van der Waals surface area contributed by atoms with E-state index in [0.29, 0.717) is 13.0 Å². The monoisotopic (exact) mass is 322 g/mol. The first-order chi connectivity index (χ1) is 11.4. The molecule has 0 aromatic heterocycles. The lowest BCUT2D eigenvalue weighted by Gasteiger charge is -2.34. The van der Waals surface area contributed by atoms with Crippen LogP contribution >= 0.6 is 0 Å². The fourth-order valence-electron chi connectivity index (χ4n) is 3.19. The summed E-state index contributed by atoms with van der Waals surface area (Å²) in [4.78, 5) is 24.7. The van der Waals surface area contributed by atoms with E-state index in [1.54, 1.807) is 13.0 Å². The van der Waals surface area contributed by atoms with Crippen molar-refractivity contribution in [2.24, 2.45) is 0 Å². The van der Waals surface area contributed by atoms with Gasteiger partial charge in [0.05, 0.1) is 0 Å². The van der Waals surface area contributed by atoms with E-state index >= 15 is 0 Å². The van der Waals surface area contributed by atoms with E-state index in [1.807, 2.05) is 31.0 Å². The topological polar surface area (TPSA) is 40.6 Å². The maximum atomic E-state index is 12.3. The number of nitrogens with zero attached hydrogens (tertiary/aromatic N) is 2. The van der Waals surface area contributed by atoms with E-state index in [1.165, 1.54) is 16.5 Å². The Bertz CT molecular complexity index is 823. The first kappa shape index (κ1) is 16.4. The second kappa shape index (κ2) is 6.21. The lowest BCUT2D eigenvalue weighted by atomic mass is 10.0. The SMILES string of the molecule is C/C=C/C(=O)N1C(=O)CC(C)(C)N1Cc1ccc2ccccc2c1. The van der Waals surface area contributed by atoms with Crippen LogP contribution in [0.2, 0.25) is 0 Å². The van der Waals surface area contributed by atoms with Gasteiger partial charge in [-0.3, -0.25) is 9.59 Å². The van der Waals surface area contributed by atoms with Crippen LogP contribution in [0.3, 0.4) is 0 Å². The molecular formula is C20H22N2O2. The number of rotatable bonds is 3. The number of imide groups is 1. The van der Waals surface area contributed by atoms with Crippen molar-refractivity contribution in [2.75, 3.05) is 0 Å².